The van der Waals surface area contributed by atoms with Crippen molar-refractivity contribution in [3.63, 3.8) is 0 Å². The number of aryl methyl sites for hydroxylation is 1. The van der Waals surface area contributed by atoms with Crippen molar-refractivity contribution in [2.45, 2.75) is 13.5 Å². The van der Waals surface area contributed by atoms with E-state index in [1.165, 1.54) is 0 Å². The predicted octanol–water partition coefficient (Wildman–Crippen LogP) is 5.38. The molecule has 1 aromatic heterocycles. The van der Waals surface area contributed by atoms with Crippen LogP contribution in [-0.2, 0) is 6.54 Å². The van der Waals surface area contributed by atoms with Gasteiger partial charge in [0.05, 0.1) is 11.0 Å². The lowest BCUT2D eigenvalue weighted by Gasteiger charge is -2.06. The maximum Gasteiger partial charge on any atom is 0.183 e. The minimum Gasteiger partial charge on any atom is -0.451 e. The Hall–Kier alpha value is -0.450. The smallest absolute Gasteiger partial charge is 0.183 e. The zero-order valence-corrected chi connectivity index (χ0v) is 13.0. The van der Waals surface area contributed by atoms with E-state index in [0.29, 0.717) is 11.2 Å². The SMILES string of the molecule is Cc1ccc(NCc2cc(Br)c(Br)o2)cc1Cl. The molecule has 0 saturated carbocycles. The molecule has 5 heteroatoms. The second-order valence-corrected chi connectivity index (χ2v) is 5.63. The zero-order chi connectivity index (χ0) is 12.4. The van der Waals surface area contributed by atoms with Crippen LogP contribution < -0.4 is 5.32 Å². The van der Waals surface area contributed by atoms with Crippen LogP contribution in [0.2, 0.25) is 5.02 Å². The van der Waals surface area contributed by atoms with Gasteiger partial charge < -0.3 is 9.73 Å². The van der Waals surface area contributed by atoms with Crippen LogP contribution in [0.3, 0.4) is 0 Å². The van der Waals surface area contributed by atoms with Crippen LogP contribution in [-0.4, -0.2) is 0 Å². The molecule has 0 aliphatic heterocycles. The van der Waals surface area contributed by atoms with Crippen molar-refractivity contribution in [3.05, 3.63) is 49.8 Å². The van der Waals surface area contributed by atoms with Crippen molar-refractivity contribution in [3.8, 4) is 0 Å². The van der Waals surface area contributed by atoms with Crippen molar-refractivity contribution in [2.24, 2.45) is 0 Å². The predicted molar refractivity (Wildman–Crippen MR) is 77.6 cm³/mol. The molecule has 0 fully saturated rings. The van der Waals surface area contributed by atoms with Crippen LogP contribution in [0.5, 0.6) is 0 Å². The Morgan fingerprint density at radius 1 is 1.29 bits per heavy atom. The Bertz CT molecular complexity index is 520. The summed E-state index contributed by atoms with van der Waals surface area (Å²) in [4.78, 5) is 0. The lowest BCUT2D eigenvalue weighted by atomic mass is 10.2. The zero-order valence-electron chi connectivity index (χ0n) is 9.06. The highest BCUT2D eigenvalue weighted by atomic mass is 79.9. The molecule has 1 heterocycles. The summed E-state index contributed by atoms with van der Waals surface area (Å²) >= 11 is 12.7. The summed E-state index contributed by atoms with van der Waals surface area (Å²) in [6, 6.07) is 7.81. The van der Waals surface area contributed by atoms with Gasteiger partial charge in [0, 0.05) is 10.7 Å². The molecule has 0 aliphatic carbocycles. The normalized spacial score (nSPS) is 10.6. The number of nitrogens with one attached hydrogen (secondary N) is 1. The molecule has 2 aromatic rings. The summed E-state index contributed by atoms with van der Waals surface area (Å²) in [5.41, 5.74) is 2.05. The maximum atomic E-state index is 6.05. The van der Waals surface area contributed by atoms with E-state index >= 15 is 0 Å². The summed E-state index contributed by atoms with van der Waals surface area (Å²) in [6.45, 7) is 2.59. The highest BCUT2D eigenvalue weighted by Gasteiger charge is 2.06. The van der Waals surface area contributed by atoms with E-state index in [-0.39, 0.29) is 0 Å². The lowest BCUT2D eigenvalue weighted by molar-refractivity contribution is 0.494. The fourth-order valence-electron chi connectivity index (χ4n) is 1.37. The van der Waals surface area contributed by atoms with Crippen LogP contribution in [0.1, 0.15) is 11.3 Å². The van der Waals surface area contributed by atoms with Gasteiger partial charge in [0.1, 0.15) is 5.76 Å². The number of benzene rings is 1. The molecule has 0 radical (unpaired) electrons. The first-order chi connectivity index (χ1) is 8.06. The fourth-order valence-corrected chi connectivity index (χ4v) is 2.21. The van der Waals surface area contributed by atoms with Crippen LogP contribution in [0.15, 0.2) is 37.8 Å². The van der Waals surface area contributed by atoms with Gasteiger partial charge >= 0.3 is 0 Å². The minimum absolute atomic E-state index is 0.615. The van der Waals surface area contributed by atoms with Crippen LogP contribution in [0, 0.1) is 6.92 Å². The molecule has 90 valence electrons. The van der Waals surface area contributed by atoms with Gasteiger partial charge in [-0.1, -0.05) is 17.7 Å². The third kappa shape index (κ3) is 3.27. The molecular formula is C12H10Br2ClNO. The largest absolute Gasteiger partial charge is 0.451 e. The average Bonchev–Trinajstić information content (AvgIpc) is 2.60. The summed E-state index contributed by atoms with van der Waals surface area (Å²) in [6.07, 6.45) is 0. The monoisotopic (exact) mass is 377 g/mol. The quantitative estimate of drug-likeness (QED) is 0.775. The highest BCUT2D eigenvalue weighted by molar-refractivity contribution is 9.13. The molecule has 2 nitrogen and oxygen atoms in total. The van der Waals surface area contributed by atoms with E-state index in [4.69, 9.17) is 16.0 Å². The van der Waals surface area contributed by atoms with E-state index in [2.05, 4.69) is 37.2 Å². The maximum absolute atomic E-state index is 6.05. The topological polar surface area (TPSA) is 25.2 Å². The van der Waals surface area contributed by atoms with Crippen molar-refractivity contribution >= 4 is 49.1 Å². The number of hydrogen-bond acceptors (Lipinski definition) is 2. The molecule has 2 rings (SSSR count). The van der Waals surface area contributed by atoms with Gasteiger partial charge in [-0.2, -0.15) is 0 Å². The number of rotatable bonds is 3. The van der Waals surface area contributed by atoms with Crippen molar-refractivity contribution in [1.82, 2.24) is 0 Å². The third-order valence-electron chi connectivity index (χ3n) is 2.33. The molecule has 0 aliphatic rings. The van der Waals surface area contributed by atoms with Gasteiger partial charge in [-0.15, -0.1) is 0 Å². The fraction of sp³-hybridized carbons (Fsp3) is 0.167. The summed E-state index contributed by atoms with van der Waals surface area (Å²) in [5, 5.41) is 4.01. The van der Waals surface area contributed by atoms with E-state index in [9.17, 15) is 0 Å². The first-order valence-corrected chi connectivity index (χ1v) is 6.96. The lowest BCUT2D eigenvalue weighted by Crippen LogP contribution is -1.98. The number of anilines is 1. The molecule has 1 N–H and O–H groups in total. The first kappa shape index (κ1) is 13.0. The van der Waals surface area contributed by atoms with Crippen molar-refractivity contribution in [2.75, 3.05) is 5.32 Å². The molecule has 0 spiro atoms. The molecule has 0 saturated heterocycles. The van der Waals surface area contributed by atoms with E-state index in [1.807, 2.05) is 31.2 Å². The molecule has 1 aromatic carbocycles. The molecule has 0 atom stereocenters. The summed E-state index contributed by atoms with van der Waals surface area (Å²) < 4.78 is 7.08. The van der Waals surface area contributed by atoms with Crippen molar-refractivity contribution in [1.29, 1.82) is 0 Å². The van der Waals surface area contributed by atoms with E-state index in [0.717, 1.165) is 26.5 Å². The standard InChI is InChI=1S/C12H10Br2ClNO/c1-7-2-3-8(4-11(7)15)16-6-9-5-10(13)12(14)17-9/h2-5,16H,6H2,1H3. The molecule has 0 unspecified atom stereocenters. The van der Waals surface area contributed by atoms with Crippen LogP contribution in [0.25, 0.3) is 0 Å². The van der Waals surface area contributed by atoms with Gasteiger partial charge in [0.2, 0.25) is 0 Å². The highest BCUT2D eigenvalue weighted by Crippen LogP contribution is 2.27. The molecule has 17 heavy (non-hydrogen) atoms. The van der Waals surface area contributed by atoms with E-state index in [1.54, 1.807) is 0 Å². The van der Waals surface area contributed by atoms with Gasteiger partial charge in [-0.05, 0) is 62.5 Å². The Labute approximate surface area is 122 Å². The average molecular weight is 379 g/mol. The Balaban J connectivity index is 2.04. The number of hydrogen-bond donors (Lipinski definition) is 1. The van der Waals surface area contributed by atoms with Gasteiger partial charge in [-0.3, -0.25) is 0 Å². The van der Waals surface area contributed by atoms with Gasteiger partial charge in [0.25, 0.3) is 0 Å². The summed E-state index contributed by atoms with van der Waals surface area (Å²) in [5.74, 6) is 0.848. The number of furan rings is 1. The molecule has 0 amide bonds. The second-order valence-electron chi connectivity index (χ2n) is 3.65. The van der Waals surface area contributed by atoms with E-state index < -0.39 is 0 Å². The third-order valence-corrected chi connectivity index (χ3v) is 4.45. The Kier molecular flexibility index (Phi) is 4.17. The Morgan fingerprint density at radius 2 is 2.06 bits per heavy atom. The minimum atomic E-state index is 0.615. The second kappa shape index (κ2) is 5.46. The van der Waals surface area contributed by atoms with Gasteiger partial charge in [0.15, 0.2) is 4.67 Å². The van der Waals surface area contributed by atoms with Crippen LogP contribution in [0.4, 0.5) is 5.69 Å². The van der Waals surface area contributed by atoms with Crippen molar-refractivity contribution < 1.29 is 4.42 Å². The number of halogens is 3. The Morgan fingerprint density at radius 3 is 2.65 bits per heavy atom. The first-order valence-electron chi connectivity index (χ1n) is 5.00. The van der Waals surface area contributed by atoms with Gasteiger partial charge in [-0.25, -0.2) is 0 Å². The molecular weight excluding hydrogens is 369 g/mol. The summed E-state index contributed by atoms with van der Waals surface area (Å²) in [7, 11) is 0. The van der Waals surface area contributed by atoms with Crippen LogP contribution >= 0.6 is 43.5 Å². The molecule has 0 bridgehead atoms.